The van der Waals surface area contributed by atoms with E-state index in [-0.39, 0.29) is 17.7 Å². The number of anilines is 1. The Labute approximate surface area is 122 Å². The van der Waals surface area contributed by atoms with Gasteiger partial charge in [-0.2, -0.15) is 5.26 Å². The molecule has 2 rings (SSSR count). The highest BCUT2D eigenvalue weighted by atomic mass is 19.1. The van der Waals surface area contributed by atoms with Gasteiger partial charge in [-0.1, -0.05) is 12.1 Å². The summed E-state index contributed by atoms with van der Waals surface area (Å²) < 4.78 is 14.1. The molecule has 0 radical (unpaired) electrons. The number of aldehydes is 1. The first-order valence-electron chi connectivity index (χ1n) is 6.50. The molecule has 4 nitrogen and oxygen atoms in total. The zero-order valence-electron chi connectivity index (χ0n) is 11.4. The summed E-state index contributed by atoms with van der Waals surface area (Å²) in [6, 6.07) is 10.1. The van der Waals surface area contributed by atoms with Gasteiger partial charge in [0.2, 0.25) is 0 Å². The van der Waals surface area contributed by atoms with Gasteiger partial charge in [0.1, 0.15) is 5.82 Å². The molecule has 1 heterocycles. The lowest BCUT2D eigenvalue weighted by Gasteiger charge is -2.25. The number of hydrogen-bond donors (Lipinski definition) is 0. The first-order chi connectivity index (χ1) is 10.3. The lowest BCUT2D eigenvalue weighted by molar-refractivity contribution is 0.112. The van der Waals surface area contributed by atoms with E-state index in [1.807, 2.05) is 12.1 Å². The highest BCUT2D eigenvalue weighted by Crippen LogP contribution is 2.25. The molecule has 1 aromatic carbocycles. The summed E-state index contributed by atoms with van der Waals surface area (Å²) in [5.74, 6) is -0.471. The van der Waals surface area contributed by atoms with E-state index in [1.165, 1.54) is 12.1 Å². The van der Waals surface area contributed by atoms with Crippen molar-refractivity contribution in [1.29, 1.82) is 5.26 Å². The van der Waals surface area contributed by atoms with Crippen molar-refractivity contribution in [2.24, 2.45) is 0 Å². The highest BCUT2D eigenvalue weighted by Gasteiger charge is 2.16. The van der Waals surface area contributed by atoms with Crippen LogP contribution in [0.3, 0.4) is 0 Å². The number of nitrogens with zero attached hydrogens (tertiary/aromatic N) is 3. The molecule has 0 unspecified atom stereocenters. The Morgan fingerprint density at radius 1 is 1.33 bits per heavy atom. The Balaban J connectivity index is 2.36. The smallest absolute Gasteiger partial charge is 0.152 e. The average Bonchev–Trinajstić information content (AvgIpc) is 2.52. The Hall–Kier alpha value is -2.74. The molecule has 21 heavy (non-hydrogen) atoms. The third-order valence-corrected chi connectivity index (χ3v) is 3.05. The van der Waals surface area contributed by atoms with Gasteiger partial charge in [0.25, 0.3) is 0 Å². The van der Waals surface area contributed by atoms with Crippen molar-refractivity contribution < 1.29 is 9.18 Å². The maximum atomic E-state index is 14.1. The van der Waals surface area contributed by atoms with E-state index in [0.29, 0.717) is 19.4 Å². The van der Waals surface area contributed by atoms with Crippen LogP contribution in [0.25, 0.3) is 0 Å². The van der Waals surface area contributed by atoms with E-state index in [4.69, 9.17) is 5.26 Å². The number of para-hydroxylation sites is 1. The van der Waals surface area contributed by atoms with E-state index in [9.17, 15) is 9.18 Å². The van der Waals surface area contributed by atoms with Crippen LogP contribution >= 0.6 is 0 Å². The average molecular weight is 283 g/mol. The van der Waals surface area contributed by atoms with Gasteiger partial charge in [-0.25, -0.2) is 4.39 Å². The van der Waals surface area contributed by atoms with Crippen LogP contribution in [-0.4, -0.2) is 17.8 Å². The van der Waals surface area contributed by atoms with Gasteiger partial charge < -0.3 is 4.90 Å². The van der Waals surface area contributed by atoms with Crippen molar-refractivity contribution in [3.05, 3.63) is 59.7 Å². The van der Waals surface area contributed by atoms with Gasteiger partial charge in [-0.05, 0) is 23.8 Å². The van der Waals surface area contributed by atoms with Gasteiger partial charge in [0, 0.05) is 31.0 Å². The van der Waals surface area contributed by atoms with Crippen molar-refractivity contribution >= 4 is 12.0 Å². The fourth-order valence-corrected chi connectivity index (χ4v) is 2.13. The summed E-state index contributed by atoms with van der Waals surface area (Å²) in [5, 5.41) is 8.77. The van der Waals surface area contributed by atoms with E-state index in [1.54, 1.807) is 29.4 Å². The van der Waals surface area contributed by atoms with Crippen LogP contribution in [0.2, 0.25) is 0 Å². The highest BCUT2D eigenvalue weighted by molar-refractivity contribution is 5.84. The number of halogens is 1. The topological polar surface area (TPSA) is 57.0 Å². The minimum atomic E-state index is -0.471. The predicted octanol–water partition coefficient (Wildman–Crippen LogP) is 2.95. The summed E-state index contributed by atoms with van der Waals surface area (Å²) in [5.41, 5.74) is 1.39. The molecule has 0 aliphatic carbocycles. The largest absolute Gasteiger partial charge is 0.363 e. The second-order valence-corrected chi connectivity index (χ2v) is 4.49. The van der Waals surface area contributed by atoms with Gasteiger partial charge in [-0.15, -0.1) is 0 Å². The van der Waals surface area contributed by atoms with Crippen molar-refractivity contribution in [2.75, 3.05) is 11.4 Å². The molecule has 0 atom stereocenters. The Morgan fingerprint density at radius 2 is 2.19 bits per heavy atom. The first kappa shape index (κ1) is 14.7. The van der Waals surface area contributed by atoms with Crippen molar-refractivity contribution in [1.82, 2.24) is 4.98 Å². The summed E-state index contributed by atoms with van der Waals surface area (Å²) in [7, 11) is 0. The van der Waals surface area contributed by atoms with E-state index >= 15 is 0 Å². The lowest BCUT2D eigenvalue weighted by atomic mass is 10.1. The number of carbonyl (C=O) groups excluding carboxylic acids is 1. The van der Waals surface area contributed by atoms with E-state index in [0.717, 1.165) is 5.56 Å². The Bertz CT molecular complexity index is 652. The van der Waals surface area contributed by atoms with Crippen LogP contribution in [0.4, 0.5) is 10.1 Å². The molecule has 0 aliphatic rings. The maximum Gasteiger partial charge on any atom is 0.152 e. The zero-order valence-corrected chi connectivity index (χ0v) is 11.4. The number of carbonyl (C=O) groups is 1. The number of aromatic nitrogens is 1. The first-order valence-corrected chi connectivity index (χ1v) is 6.50. The fourth-order valence-electron chi connectivity index (χ4n) is 2.13. The minimum absolute atomic E-state index is 0.228. The molecule has 0 bridgehead atoms. The van der Waals surface area contributed by atoms with Gasteiger partial charge in [-0.3, -0.25) is 9.78 Å². The third-order valence-electron chi connectivity index (χ3n) is 3.05. The van der Waals surface area contributed by atoms with Crippen molar-refractivity contribution in [3.63, 3.8) is 0 Å². The maximum absolute atomic E-state index is 14.1. The van der Waals surface area contributed by atoms with Gasteiger partial charge in [0.05, 0.1) is 18.2 Å². The molecule has 0 saturated heterocycles. The second-order valence-electron chi connectivity index (χ2n) is 4.49. The van der Waals surface area contributed by atoms with Crippen LogP contribution in [0.1, 0.15) is 22.3 Å². The third kappa shape index (κ3) is 3.63. The lowest BCUT2D eigenvalue weighted by Crippen LogP contribution is -2.26. The standard InChI is InChI=1S/C16H14FN3O/c17-15-6-1-5-14(12-21)16(15)20(9-3-7-18)11-13-4-2-8-19-10-13/h1-2,4-6,8,10,12H,3,9,11H2. The normalized spacial score (nSPS) is 9.90. The van der Waals surface area contributed by atoms with Crippen LogP contribution < -0.4 is 4.90 Å². The molecule has 0 N–H and O–H groups in total. The summed E-state index contributed by atoms with van der Waals surface area (Å²) in [6.07, 6.45) is 4.21. The quantitative estimate of drug-likeness (QED) is 0.765. The van der Waals surface area contributed by atoms with Gasteiger partial charge in [0.15, 0.2) is 6.29 Å². The molecule has 0 fully saturated rings. The molecule has 1 aromatic heterocycles. The molecule has 0 amide bonds. The minimum Gasteiger partial charge on any atom is -0.363 e. The van der Waals surface area contributed by atoms with Crippen LogP contribution in [0.5, 0.6) is 0 Å². The Kier molecular flexibility index (Phi) is 4.99. The summed E-state index contributed by atoms with van der Waals surface area (Å²) in [6.45, 7) is 0.727. The second kappa shape index (κ2) is 7.15. The predicted molar refractivity (Wildman–Crippen MR) is 77.3 cm³/mol. The van der Waals surface area contributed by atoms with Crippen molar-refractivity contribution in [2.45, 2.75) is 13.0 Å². The number of pyridine rings is 1. The van der Waals surface area contributed by atoms with E-state index in [2.05, 4.69) is 4.98 Å². The molecule has 0 spiro atoms. The molecule has 2 aromatic rings. The number of nitriles is 1. The monoisotopic (exact) mass is 283 g/mol. The summed E-state index contributed by atoms with van der Waals surface area (Å²) >= 11 is 0. The molecule has 5 heteroatoms. The summed E-state index contributed by atoms with van der Waals surface area (Å²) in [4.78, 5) is 16.9. The molecule has 0 aliphatic heterocycles. The van der Waals surface area contributed by atoms with Crippen LogP contribution in [-0.2, 0) is 6.54 Å². The van der Waals surface area contributed by atoms with Crippen LogP contribution in [0, 0.1) is 17.1 Å². The van der Waals surface area contributed by atoms with E-state index < -0.39 is 5.82 Å². The number of rotatable bonds is 6. The van der Waals surface area contributed by atoms with Crippen LogP contribution in [0.15, 0.2) is 42.7 Å². The molecule has 106 valence electrons. The number of benzene rings is 1. The van der Waals surface area contributed by atoms with Gasteiger partial charge >= 0.3 is 0 Å². The van der Waals surface area contributed by atoms with Crippen molar-refractivity contribution in [3.8, 4) is 6.07 Å². The SMILES string of the molecule is N#CCCN(Cc1cccnc1)c1c(F)cccc1C=O. The molecule has 0 saturated carbocycles. The molecular weight excluding hydrogens is 269 g/mol. The molecular formula is C16H14FN3O. The number of hydrogen-bond acceptors (Lipinski definition) is 4. The fraction of sp³-hybridized carbons (Fsp3) is 0.188. The Morgan fingerprint density at radius 3 is 2.86 bits per heavy atom. The zero-order chi connectivity index (χ0) is 15.1.